The molecule has 0 saturated carbocycles. The van der Waals surface area contributed by atoms with Crippen LogP contribution in [0.15, 0.2) is 24.3 Å². The molecule has 4 heteroatoms. The Bertz CT molecular complexity index is 420. The third-order valence-electron chi connectivity index (χ3n) is 3.45. The van der Waals surface area contributed by atoms with E-state index in [2.05, 4.69) is 17.4 Å². The normalized spacial score (nSPS) is 18.7. The van der Waals surface area contributed by atoms with E-state index in [0.29, 0.717) is 25.5 Å². The van der Waals surface area contributed by atoms with Gasteiger partial charge in [0.1, 0.15) is 0 Å². The molecule has 98 valence electrons. The van der Waals surface area contributed by atoms with Crippen LogP contribution in [0, 0.1) is 0 Å². The summed E-state index contributed by atoms with van der Waals surface area (Å²) in [6.07, 6.45) is 1.60. The van der Waals surface area contributed by atoms with Gasteiger partial charge in [-0.15, -0.1) is 0 Å². The Kier molecular flexibility index (Phi) is 4.33. The molecule has 0 aliphatic heterocycles. The predicted molar refractivity (Wildman–Crippen MR) is 70.4 cm³/mol. The standard InChI is InChI=1S/C14H20N2O2/c1-18-7-6-13(15)14(17)16-9-11-8-10-4-2-3-5-12(10)11/h2-5,11,13H,6-9,15H2,1H3,(H,16,17). The van der Waals surface area contributed by atoms with Crippen molar-refractivity contribution in [1.29, 1.82) is 0 Å². The number of hydrogen-bond donors (Lipinski definition) is 2. The van der Waals surface area contributed by atoms with E-state index in [1.54, 1.807) is 7.11 Å². The molecule has 2 rings (SSSR count). The van der Waals surface area contributed by atoms with Crippen LogP contribution < -0.4 is 11.1 Å². The summed E-state index contributed by atoms with van der Waals surface area (Å²) >= 11 is 0. The molecule has 1 aliphatic rings. The molecule has 0 radical (unpaired) electrons. The number of amides is 1. The van der Waals surface area contributed by atoms with E-state index >= 15 is 0 Å². The van der Waals surface area contributed by atoms with E-state index in [1.807, 2.05) is 12.1 Å². The highest BCUT2D eigenvalue weighted by Crippen LogP contribution is 2.33. The van der Waals surface area contributed by atoms with Gasteiger partial charge in [0.05, 0.1) is 6.04 Å². The number of ether oxygens (including phenoxy) is 1. The van der Waals surface area contributed by atoms with Crippen LogP contribution in [0.2, 0.25) is 0 Å². The number of benzene rings is 1. The molecular weight excluding hydrogens is 228 g/mol. The molecule has 18 heavy (non-hydrogen) atoms. The first-order chi connectivity index (χ1) is 8.72. The Labute approximate surface area is 108 Å². The number of hydrogen-bond acceptors (Lipinski definition) is 3. The molecule has 0 fully saturated rings. The molecule has 2 atom stereocenters. The molecule has 2 unspecified atom stereocenters. The number of carbonyl (C=O) groups excluding carboxylic acids is 1. The maximum Gasteiger partial charge on any atom is 0.237 e. The third-order valence-corrected chi connectivity index (χ3v) is 3.45. The molecule has 0 aromatic heterocycles. The molecule has 4 nitrogen and oxygen atoms in total. The van der Waals surface area contributed by atoms with Crippen molar-refractivity contribution in [2.45, 2.75) is 24.8 Å². The van der Waals surface area contributed by atoms with Gasteiger partial charge in [0.2, 0.25) is 5.91 Å². The summed E-state index contributed by atoms with van der Waals surface area (Å²) in [5.41, 5.74) is 8.49. The first kappa shape index (κ1) is 13.1. The Hall–Kier alpha value is -1.39. The van der Waals surface area contributed by atoms with Gasteiger partial charge in [0, 0.05) is 26.2 Å². The van der Waals surface area contributed by atoms with Gasteiger partial charge >= 0.3 is 0 Å². The fourth-order valence-corrected chi connectivity index (χ4v) is 2.28. The molecule has 0 saturated heterocycles. The summed E-state index contributed by atoms with van der Waals surface area (Å²) in [6, 6.07) is 7.88. The maximum atomic E-state index is 11.7. The fraction of sp³-hybridized carbons (Fsp3) is 0.500. The second-order valence-corrected chi connectivity index (χ2v) is 4.73. The second kappa shape index (κ2) is 5.98. The van der Waals surface area contributed by atoms with Crippen molar-refractivity contribution in [1.82, 2.24) is 5.32 Å². The quantitative estimate of drug-likeness (QED) is 0.783. The minimum atomic E-state index is -0.472. The smallest absolute Gasteiger partial charge is 0.237 e. The van der Waals surface area contributed by atoms with Gasteiger partial charge in [-0.3, -0.25) is 4.79 Å². The Balaban J connectivity index is 1.75. The second-order valence-electron chi connectivity index (χ2n) is 4.73. The van der Waals surface area contributed by atoms with E-state index in [-0.39, 0.29) is 5.91 Å². The molecule has 1 aliphatic carbocycles. The summed E-state index contributed by atoms with van der Waals surface area (Å²) in [5, 5.41) is 2.91. The van der Waals surface area contributed by atoms with Crippen LogP contribution in [0.5, 0.6) is 0 Å². The van der Waals surface area contributed by atoms with Crippen LogP contribution in [-0.4, -0.2) is 32.2 Å². The van der Waals surface area contributed by atoms with Crippen molar-refractivity contribution in [3.63, 3.8) is 0 Å². The Morgan fingerprint density at radius 2 is 2.33 bits per heavy atom. The topological polar surface area (TPSA) is 64.3 Å². The van der Waals surface area contributed by atoms with Crippen molar-refractivity contribution in [2.24, 2.45) is 5.73 Å². The molecule has 1 aromatic rings. The number of fused-ring (bicyclic) bond motifs is 1. The molecule has 0 heterocycles. The summed E-state index contributed by atoms with van der Waals surface area (Å²) in [6.45, 7) is 1.19. The van der Waals surface area contributed by atoms with E-state index in [4.69, 9.17) is 10.5 Å². The summed E-state index contributed by atoms with van der Waals surface area (Å²) in [4.78, 5) is 11.7. The van der Waals surface area contributed by atoms with Crippen LogP contribution in [0.4, 0.5) is 0 Å². The molecule has 1 aromatic carbocycles. The van der Waals surface area contributed by atoms with Crippen LogP contribution in [-0.2, 0) is 16.0 Å². The largest absolute Gasteiger partial charge is 0.385 e. The van der Waals surface area contributed by atoms with Gasteiger partial charge in [-0.25, -0.2) is 0 Å². The Morgan fingerprint density at radius 3 is 3.06 bits per heavy atom. The number of methoxy groups -OCH3 is 1. The van der Waals surface area contributed by atoms with Crippen LogP contribution in [0.1, 0.15) is 23.5 Å². The molecule has 3 N–H and O–H groups in total. The highest BCUT2D eigenvalue weighted by Gasteiger charge is 2.26. The fourth-order valence-electron chi connectivity index (χ4n) is 2.28. The lowest BCUT2D eigenvalue weighted by atomic mass is 9.77. The minimum Gasteiger partial charge on any atom is -0.385 e. The maximum absolute atomic E-state index is 11.7. The lowest BCUT2D eigenvalue weighted by Crippen LogP contribution is -2.43. The molecule has 0 spiro atoms. The number of rotatable bonds is 6. The van der Waals surface area contributed by atoms with E-state index < -0.39 is 6.04 Å². The highest BCUT2D eigenvalue weighted by molar-refractivity contribution is 5.81. The molecule has 1 amide bonds. The van der Waals surface area contributed by atoms with Crippen molar-refractivity contribution in [3.05, 3.63) is 35.4 Å². The van der Waals surface area contributed by atoms with Gasteiger partial charge < -0.3 is 15.8 Å². The first-order valence-electron chi connectivity index (χ1n) is 6.32. The predicted octanol–water partition coefficient (Wildman–Crippen LogP) is 0.806. The summed E-state index contributed by atoms with van der Waals surface area (Å²) in [5.74, 6) is 0.358. The van der Waals surface area contributed by atoms with Gasteiger partial charge in [0.15, 0.2) is 0 Å². The van der Waals surface area contributed by atoms with E-state index in [0.717, 1.165) is 6.42 Å². The summed E-state index contributed by atoms with van der Waals surface area (Å²) in [7, 11) is 1.61. The highest BCUT2D eigenvalue weighted by atomic mass is 16.5. The van der Waals surface area contributed by atoms with Crippen molar-refractivity contribution in [2.75, 3.05) is 20.3 Å². The van der Waals surface area contributed by atoms with Gasteiger partial charge in [0.25, 0.3) is 0 Å². The summed E-state index contributed by atoms with van der Waals surface area (Å²) < 4.78 is 4.91. The number of carbonyl (C=O) groups is 1. The first-order valence-corrected chi connectivity index (χ1v) is 6.32. The van der Waals surface area contributed by atoms with E-state index in [9.17, 15) is 4.79 Å². The molecule has 0 bridgehead atoms. The van der Waals surface area contributed by atoms with Crippen molar-refractivity contribution < 1.29 is 9.53 Å². The van der Waals surface area contributed by atoms with Crippen LogP contribution >= 0.6 is 0 Å². The van der Waals surface area contributed by atoms with Crippen molar-refractivity contribution >= 4 is 5.91 Å². The SMILES string of the molecule is COCCC(N)C(=O)NCC1Cc2ccccc21. The Morgan fingerprint density at radius 1 is 1.56 bits per heavy atom. The van der Waals surface area contributed by atoms with Crippen LogP contribution in [0.3, 0.4) is 0 Å². The van der Waals surface area contributed by atoms with Crippen molar-refractivity contribution in [3.8, 4) is 0 Å². The zero-order valence-corrected chi connectivity index (χ0v) is 10.7. The lowest BCUT2D eigenvalue weighted by Gasteiger charge is -2.30. The monoisotopic (exact) mass is 248 g/mol. The average molecular weight is 248 g/mol. The zero-order chi connectivity index (χ0) is 13.0. The van der Waals surface area contributed by atoms with E-state index in [1.165, 1.54) is 11.1 Å². The van der Waals surface area contributed by atoms with Gasteiger partial charge in [-0.05, 0) is 24.0 Å². The number of nitrogens with two attached hydrogens (primary N) is 1. The number of nitrogens with one attached hydrogen (secondary N) is 1. The molecular formula is C14H20N2O2. The lowest BCUT2D eigenvalue weighted by molar-refractivity contribution is -0.122. The third kappa shape index (κ3) is 2.89. The zero-order valence-electron chi connectivity index (χ0n) is 10.7. The van der Waals surface area contributed by atoms with Crippen LogP contribution in [0.25, 0.3) is 0 Å². The minimum absolute atomic E-state index is 0.0866. The van der Waals surface area contributed by atoms with Gasteiger partial charge in [-0.2, -0.15) is 0 Å². The average Bonchev–Trinajstić information content (AvgIpc) is 2.36. The van der Waals surface area contributed by atoms with Gasteiger partial charge in [-0.1, -0.05) is 24.3 Å².